The third-order valence-electron chi connectivity index (χ3n) is 2.70. The molecule has 0 aliphatic heterocycles. The molecular weight excluding hydrogens is 200 g/mol. The summed E-state index contributed by atoms with van der Waals surface area (Å²) in [7, 11) is 1.92. The Labute approximate surface area is 98.4 Å². The molecule has 0 radical (unpaired) electrons. The minimum Gasteiger partial charge on any atom is -0.316 e. The van der Waals surface area contributed by atoms with Crippen LogP contribution < -0.4 is 5.32 Å². The number of hydrogen-bond acceptors (Lipinski definition) is 3. The molecule has 16 heavy (non-hydrogen) atoms. The van der Waals surface area contributed by atoms with E-state index in [2.05, 4.69) is 29.5 Å². The molecule has 1 N–H and O–H groups in total. The van der Waals surface area contributed by atoms with Crippen molar-refractivity contribution in [3.8, 4) is 0 Å². The van der Waals surface area contributed by atoms with Gasteiger partial charge < -0.3 is 5.32 Å². The first kappa shape index (κ1) is 13.2. The van der Waals surface area contributed by atoms with Crippen molar-refractivity contribution < 1.29 is 0 Å². The van der Waals surface area contributed by atoms with Gasteiger partial charge in [0.15, 0.2) is 0 Å². The van der Waals surface area contributed by atoms with Gasteiger partial charge in [-0.3, -0.25) is 4.68 Å². The fourth-order valence-electron chi connectivity index (χ4n) is 1.95. The lowest BCUT2D eigenvalue weighted by Gasteiger charge is -2.15. The largest absolute Gasteiger partial charge is 0.316 e. The van der Waals surface area contributed by atoms with Crippen molar-refractivity contribution in [1.82, 2.24) is 20.3 Å². The number of nitrogens with zero attached hydrogens (tertiary/aromatic N) is 3. The van der Waals surface area contributed by atoms with Crippen LogP contribution in [-0.4, -0.2) is 28.1 Å². The monoisotopic (exact) mass is 224 g/mol. The summed E-state index contributed by atoms with van der Waals surface area (Å²) < 4.78 is 1.78. The Bertz CT molecular complexity index is 282. The van der Waals surface area contributed by atoms with Crippen LogP contribution in [0.2, 0.25) is 0 Å². The highest BCUT2D eigenvalue weighted by Crippen LogP contribution is 2.11. The van der Waals surface area contributed by atoms with E-state index in [1.807, 2.05) is 13.2 Å². The highest BCUT2D eigenvalue weighted by Gasteiger charge is 2.10. The minimum absolute atomic E-state index is 0.688. The van der Waals surface area contributed by atoms with E-state index in [-0.39, 0.29) is 0 Å². The lowest BCUT2D eigenvalue weighted by atomic mass is 9.98. The molecule has 0 aliphatic rings. The standard InChI is InChI=1S/C12H24N4/c1-4-6-11(9-13-7-5-2)8-12-10-16(3)15-14-12/h10-11,13H,4-9H2,1-3H3. The second kappa shape index (κ2) is 7.39. The van der Waals surface area contributed by atoms with Crippen molar-refractivity contribution in [1.29, 1.82) is 0 Å². The zero-order valence-electron chi connectivity index (χ0n) is 10.7. The van der Waals surface area contributed by atoms with Gasteiger partial charge in [-0.15, -0.1) is 5.10 Å². The molecule has 1 heterocycles. The van der Waals surface area contributed by atoms with Gasteiger partial charge >= 0.3 is 0 Å². The fourth-order valence-corrected chi connectivity index (χ4v) is 1.95. The van der Waals surface area contributed by atoms with Crippen LogP contribution in [0.25, 0.3) is 0 Å². The molecule has 0 aromatic carbocycles. The molecule has 0 aliphatic carbocycles. The molecule has 0 saturated heterocycles. The number of rotatable bonds is 8. The Balaban J connectivity index is 2.37. The zero-order chi connectivity index (χ0) is 11.8. The molecule has 4 heteroatoms. The van der Waals surface area contributed by atoms with Gasteiger partial charge in [-0.2, -0.15) is 0 Å². The summed E-state index contributed by atoms with van der Waals surface area (Å²) in [6.45, 7) is 6.65. The van der Waals surface area contributed by atoms with Crippen LogP contribution >= 0.6 is 0 Å². The predicted molar refractivity (Wildman–Crippen MR) is 66.3 cm³/mol. The lowest BCUT2D eigenvalue weighted by Crippen LogP contribution is -2.25. The van der Waals surface area contributed by atoms with E-state index < -0.39 is 0 Å². The van der Waals surface area contributed by atoms with Crippen molar-refractivity contribution >= 4 is 0 Å². The topological polar surface area (TPSA) is 42.7 Å². The first-order valence-electron chi connectivity index (χ1n) is 6.32. The van der Waals surface area contributed by atoms with Crippen LogP contribution in [0, 0.1) is 5.92 Å². The molecule has 0 spiro atoms. The highest BCUT2D eigenvalue weighted by molar-refractivity contribution is 4.94. The third-order valence-corrected chi connectivity index (χ3v) is 2.70. The normalized spacial score (nSPS) is 12.9. The quantitative estimate of drug-likeness (QED) is 0.684. The Morgan fingerprint density at radius 1 is 1.38 bits per heavy atom. The Hall–Kier alpha value is -0.900. The second-order valence-electron chi connectivity index (χ2n) is 4.45. The summed E-state index contributed by atoms with van der Waals surface area (Å²) in [6, 6.07) is 0. The van der Waals surface area contributed by atoms with Crippen LogP contribution in [0.1, 0.15) is 38.8 Å². The van der Waals surface area contributed by atoms with Gasteiger partial charge in [-0.25, -0.2) is 0 Å². The van der Waals surface area contributed by atoms with Crippen LogP contribution in [0.4, 0.5) is 0 Å². The summed E-state index contributed by atoms with van der Waals surface area (Å²) >= 11 is 0. The first-order valence-corrected chi connectivity index (χ1v) is 6.32. The smallest absolute Gasteiger partial charge is 0.0830 e. The number of nitrogens with one attached hydrogen (secondary N) is 1. The predicted octanol–water partition coefficient (Wildman–Crippen LogP) is 1.77. The fraction of sp³-hybridized carbons (Fsp3) is 0.833. The number of aromatic nitrogens is 3. The van der Waals surface area contributed by atoms with E-state index in [9.17, 15) is 0 Å². The van der Waals surface area contributed by atoms with Crippen LogP contribution in [-0.2, 0) is 13.5 Å². The Morgan fingerprint density at radius 3 is 2.75 bits per heavy atom. The molecule has 0 fully saturated rings. The molecule has 92 valence electrons. The van der Waals surface area contributed by atoms with Gasteiger partial charge in [-0.1, -0.05) is 25.5 Å². The summed E-state index contributed by atoms with van der Waals surface area (Å²) in [6.07, 6.45) is 6.75. The maximum atomic E-state index is 4.15. The van der Waals surface area contributed by atoms with Gasteiger partial charge in [0.25, 0.3) is 0 Å². The van der Waals surface area contributed by atoms with Gasteiger partial charge in [-0.05, 0) is 38.3 Å². The van der Waals surface area contributed by atoms with Crippen molar-refractivity contribution in [2.45, 2.75) is 39.5 Å². The molecule has 0 saturated carbocycles. The minimum atomic E-state index is 0.688. The van der Waals surface area contributed by atoms with Gasteiger partial charge in [0.1, 0.15) is 0 Å². The van der Waals surface area contributed by atoms with E-state index in [4.69, 9.17) is 0 Å². The van der Waals surface area contributed by atoms with Crippen LogP contribution in [0.15, 0.2) is 6.20 Å². The van der Waals surface area contributed by atoms with E-state index in [0.717, 1.165) is 25.2 Å². The van der Waals surface area contributed by atoms with Crippen LogP contribution in [0.3, 0.4) is 0 Å². The molecule has 1 atom stereocenters. The number of aryl methyl sites for hydroxylation is 1. The Morgan fingerprint density at radius 2 is 2.19 bits per heavy atom. The third kappa shape index (κ3) is 4.75. The van der Waals surface area contributed by atoms with E-state index in [1.54, 1.807) is 4.68 Å². The van der Waals surface area contributed by atoms with Crippen molar-refractivity contribution in [3.63, 3.8) is 0 Å². The van der Waals surface area contributed by atoms with Crippen molar-refractivity contribution in [3.05, 3.63) is 11.9 Å². The summed E-state index contributed by atoms with van der Waals surface area (Å²) in [4.78, 5) is 0. The maximum absolute atomic E-state index is 4.15. The zero-order valence-corrected chi connectivity index (χ0v) is 10.7. The van der Waals surface area contributed by atoms with Crippen LogP contribution in [0.5, 0.6) is 0 Å². The van der Waals surface area contributed by atoms with E-state index in [0.29, 0.717) is 5.92 Å². The summed E-state index contributed by atoms with van der Waals surface area (Å²) in [5, 5.41) is 11.6. The number of hydrogen-bond donors (Lipinski definition) is 1. The van der Waals surface area contributed by atoms with E-state index >= 15 is 0 Å². The van der Waals surface area contributed by atoms with Crippen molar-refractivity contribution in [2.75, 3.05) is 13.1 Å². The Kier molecular flexibility index (Phi) is 6.08. The molecule has 1 rings (SSSR count). The van der Waals surface area contributed by atoms with Crippen molar-refractivity contribution in [2.24, 2.45) is 13.0 Å². The first-order chi connectivity index (χ1) is 7.76. The average Bonchev–Trinajstić information content (AvgIpc) is 2.65. The van der Waals surface area contributed by atoms with E-state index in [1.165, 1.54) is 19.3 Å². The molecular formula is C12H24N4. The highest BCUT2D eigenvalue weighted by atomic mass is 15.4. The van der Waals surface area contributed by atoms with Gasteiger partial charge in [0, 0.05) is 13.2 Å². The lowest BCUT2D eigenvalue weighted by molar-refractivity contribution is 0.435. The van der Waals surface area contributed by atoms with Gasteiger partial charge in [0.05, 0.1) is 5.69 Å². The molecule has 1 aromatic rings. The maximum Gasteiger partial charge on any atom is 0.0830 e. The van der Waals surface area contributed by atoms with Gasteiger partial charge in [0.2, 0.25) is 0 Å². The SMILES string of the molecule is CCCNCC(CCC)Cc1cn(C)nn1. The molecule has 0 bridgehead atoms. The summed E-state index contributed by atoms with van der Waals surface area (Å²) in [5.41, 5.74) is 1.11. The summed E-state index contributed by atoms with van der Waals surface area (Å²) in [5.74, 6) is 0.688. The molecule has 1 unspecified atom stereocenters. The molecule has 1 aromatic heterocycles. The average molecular weight is 224 g/mol. The molecule has 4 nitrogen and oxygen atoms in total. The second-order valence-corrected chi connectivity index (χ2v) is 4.45. The molecule has 0 amide bonds.